The van der Waals surface area contributed by atoms with Crippen LogP contribution in [0.2, 0.25) is 0 Å². The molecule has 0 aliphatic carbocycles. The van der Waals surface area contributed by atoms with E-state index in [4.69, 9.17) is 9.84 Å². The third-order valence-corrected chi connectivity index (χ3v) is 2.81. The van der Waals surface area contributed by atoms with E-state index in [2.05, 4.69) is 11.3 Å². The van der Waals surface area contributed by atoms with E-state index in [1.807, 2.05) is 6.92 Å². The molecule has 0 aromatic heterocycles. The lowest BCUT2D eigenvalue weighted by Gasteiger charge is -2.11. The number of allylic oxidation sites excluding steroid dienone is 2. The Kier molecular flexibility index (Phi) is 13.2. The van der Waals surface area contributed by atoms with Gasteiger partial charge in [0, 0.05) is 18.1 Å². The van der Waals surface area contributed by atoms with Gasteiger partial charge in [-0.2, -0.15) is 0 Å². The van der Waals surface area contributed by atoms with Crippen LogP contribution >= 0.6 is 0 Å². The zero-order valence-electron chi connectivity index (χ0n) is 14.5. The van der Waals surface area contributed by atoms with E-state index in [1.165, 1.54) is 7.11 Å². The van der Waals surface area contributed by atoms with Crippen LogP contribution in [0.4, 0.5) is 0 Å². The smallest absolute Gasteiger partial charge is 0.338 e. The first-order valence-corrected chi connectivity index (χ1v) is 7.23. The number of carboxylic acids is 1. The normalized spacial score (nSPS) is 11.4. The van der Waals surface area contributed by atoms with Gasteiger partial charge in [-0.1, -0.05) is 26.0 Å². The second kappa shape index (κ2) is 13.3. The van der Waals surface area contributed by atoms with Crippen LogP contribution in [0.1, 0.15) is 47.0 Å². The Morgan fingerprint density at radius 2 is 1.70 bits per heavy atom. The summed E-state index contributed by atoms with van der Waals surface area (Å²) >= 11 is 0. The maximum atomic E-state index is 11.7. The molecule has 0 rings (SSSR count). The number of carbonyl (C=O) groups is 3. The maximum Gasteiger partial charge on any atom is 0.338 e. The van der Waals surface area contributed by atoms with Crippen molar-refractivity contribution in [3.63, 3.8) is 0 Å². The fraction of sp³-hybridized carbons (Fsp3) is 0.471. The van der Waals surface area contributed by atoms with E-state index in [-0.39, 0.29) is 0 Å². The quantitative estimate of drug-likeness (QED) is 0.438. The van der Waals surface area contributed by atoms with Crippen LogP contribution in [0.25, 0.3) is 0 Å². The number of esters is 2. The first kappa shape index (κ1) is 22.9. The van der Waals surface area contributed by atoms with Crippen molar-refractivity contribution >= 4 is 17.9 Å². The average Bonchev–Trinajstić information content (AvgIpc) is 2.56. The molecule has 0 aliphatic rings. The molecule has 0 aliphatic heterocycles. The standard InChI is InChI=1S/C14H22O4.C3H4O2/c1-6-8-9-12(11(4)14(16)17-5)18-13(15)10(3)7-2;1-2-3(4)5/h7H,6,8-9H2,1-5H3;2H,1H2,(H,4,5). The van der Waals surface area contributed by atoms with Gasteiger partial charge in [0.2, 0.25) is 0 Å². The van der Waals surface area contributed by atoms with Crippen molar-refractivity contribution in [3.8, 4) is 0 Å². The SMILES string of the molecule is C=CC(=O)O.CC=C(C)C(=O)OC(CCCC)=C(C)C(=O)OC. The topological polar surface area (TPSA) is 89.9 Å². The van der Waals surface area contributed by atoms with Gasteiger partial charge < -0.3 is 14.6 Å². The number of hydrogen-bond donors (Lipinski definition) is 1. The molecule has 0 spiro atoms. The number of carboxylic acid groups (broad SMARTS) is 1. The molecule has 23 heavy (non-hydrogen) atoms. The highest BCUT2D eigenvalue weighted by atomic mass is 16.5. The Morgan fingerprint density at radius 3 is 2.04 bits per heavy atom. The molecule has 0 fully saturated rings. The van der Waals surface area contributed by atoms with Gasteiger partial charge in [-0.25, -0.2) is 14.4 Å². The largest absolute Gasteiger partial charge is 0.478 e. The molecule has 6 nitrogen and oxygen atoms in total. The third kappa shape index (κ3) is 10.9. The summed E-state index contributed by atoms with van der Waals surface area (Å²) in [5, 5.41) is 7.60. The molecule has 0 radical (unpaired) electrons. The molecule has 0 saturated heterocycles. The Morgan fingerprint density at radius 1 is 1.17 bits per heavy atom. The molecule has 0 aromatic carbocycles. The van der Waals surface area contributed by atoms with E-state index >= 15 is 0 Å². The van der Waals surface area contributed by atoms with Crippen molar-refractivity contribution in [1.82, 2.24) is 0 Å². The summed E-state index contributed by atoms with van der Waals surface area (Å²) in [5.41, 5.74) is 0.866. The average molecular weight is 326 g/mol. The lowest BCUT2D eigenvalue weighted by Crippen LogP contribution is -2.12. The Bertz CT molecular complexity index is 485. The van der Waals surface area contributed by atoms with Crippen molar-refractivity contribution in [3.05, 3.63) is 35.6 Å². The second-order valence-electron chi connectivity index (χ2n) is 4.55. The molecule has 0 amide bonds. The first-order chi connectivity index (χ1) is 10.7. The van der Waals surface area contributed by atoms with Crippen molar-refractivity contribution in [2.24, 2.45) is 0 Å². The summed E-state index contributed by atoms with van der Waals surface area (Å²) < 4.78 is 9.90. The molecule has 0 atom stereocenters. The van der Waals surface area contributed by atoms with Crippen LogP contribution in [0.15, 0.2) is 35.6 Å². The minimum Gasteiger partial charge on any atom is -0.478 e. The summed E-state index contributed by atoms with van der Waals surface area (Å²) in [6.07, 6.45) is 4.87. The minimum atomic E-state index is -0.981. The molecule has 6 heteroatoms. The maximum absolute atomic E-state index is 11.7. The Balaban J connectivity index is 0. The highest BCUT2D eigenvalue weighted by Gasteiger charge is 2.16. The van der Waals surface area contributed by atoms with Crippen molar-refractivity contribution in [2.75, 3.05) is 7.11 Å². The molecule has 0 saturated carbocycles. The molecule has 130 valence electrons. The summed E-state index contributed by atoms with van der Waals surface area (Å²) in [4.78, 5) is 32.4. The number of rotatable bonds is 7. The van der Waals surface area contributed by atoms with Crippen LogP contribution in [0.5, 0.6) is 0 Å². The monoisotopic (exact) mass is 326 g/mol. The summed E-state index contributed by atoms with van der Waals surface area (Å²) in [5.74, 6) is -1.47. The zero-order chi connectivity index (χ0) is 18.4. The van der Waals surface area contributed by atoms with Gasteiger partial charge in [-0.3, -0.25) is 0 Å². The van der Waals surface area contributed by atoms with Gasteiger partial charge in [-0.15, -0.1) is 0 Å². The van der Waals surface area contributed by atoms with Crippen LogP contribution in [-0.4, -0.2) is 30.1 Å². The highest BCUT2D eigenvalue weighted by molar-refractivity contribution is 5.91. The van der Waals surface area contributed by atoms with Crippen molar-refractivity contribution in [2.45, 2.75) is 47.0 Å². The molecule has 0 unspecified atom stereocenters. The molecule has 0 aromatic rings. The fourth-order valence-corrected chi connectivity index (χ4v) is 1.23. The second-order valence-corrected chi connectivity index (χ2v) is 4.55. The number of methoxy groups -OCH3 is 1. The van der Waals surface area contributed by atoms with Crippen molar-refractivity contribution in [1.29, 1.82) is 0 Å². The molecule has 0 bridgehead atoms. The Hall–Kier alpha value is -2.37. The Labute approximate surface area is 137 Å². The molecular formula is C17H26O6. The van der Waals surface area contributed by atoms with Gasteiger partial charge >= 0.3 is 17.9 Å². The van der Waals surface area contributed by atoms with Crippen molar-refractivity contribution < 1.29 is 29.0 Å². The lowest BCUT2D eigenvalue weighted by atomic mass is 10.1. The fourth-order valence-electron chi connectivity index (χ4n) is 1.23. The van der Waals surface area contributed by atoms with Gasteiger partial charge in [0.05, 0.1) is 12.7 Å². The van der Waals surface area contributed by atoms with Crippen LogP contribution in [0.3, 0.4) is 0 Å². The third-order valence-electron chi connectivity index (χ3n) is 2.81. The number of aliphatic carboxylic acids is 1. The summed E-state index contributed by atoms with van der Waals surface area (Å²) in [7, 11) is 1.31. The summed E-state index contributed by atoms with van der Waals surface area (Å²) in [6.45, 7) is 10.0. The van der Waals surface area contributed by atoms with E-state index in [1.54, 1.807) is 26.8 Å². The lowest BCUT2D eigenvalue weighted by molar-refractivity contribution is -0.137. The molecule has 0 heterocycles. The number of hydrogen-bond acceptors (Lipinski definition) is 5. The van der Waals surface area contributed by atoms with E-state index in [9.17, 15) is 14.4 Å². The predicted molar refractivity (Wildman–Crippen MR) is 87.6 cm³/mol. The van der Waals surface area contributed by atoms with Gasteiger partial charge in [-0.05, 0) is 27.2 Å². The summed E-state index contributed by atoms with van der Waals surface area (Å²) in [6, 6.07) is 0. The molecule has 1 N–H and O–H groups in total. The van der Waals surface area contributed by atoms with Crippen LogP contribution < -0.4 is 0 Å². The predicted octanol–water partition coefficient (Wildman–Crippen LogP) is 3.39. The van der Waals surface area contributed by atoms with Crippen LogP contribution in [-0.2, 0) is 23.9 Å². The van der Waals surface area contributed by atoms with Gasteiger partial charge in [0.1, 0.15) is 5.76 Å². The zero-order valence-corrected chi connectivity index (χ0v) is 14.5. The first-order valence-electron chi connectivity index (χ1n) is 7.23. The van der Waals surface area contributed by atoms with Gasteiger partial charge in [0.15, 0.2) is 0 Å². The minimum absolute atomic E-state index is 0.350. The van der Waals surface area contributed by atoms with Crippen LogP contribution in [0, 0.1) is 0 Å². The number of unbranched alkanes of at least 4 members (excludes halogenated alkanes) is 1. The van der Waals surface area contributed by atoms with E-state index < -0.39 is 17.9 Å². The van der Waals surface area contributed by atoms with E-state index in [0.29, 0.717) is 23.3 Å². The highest BCUT2D eigenvalue weighted by Crippen LogP contribution is 2.17. The number of carbonyl (C=O) groups excluding carboxylic acids is 2. The van der Waals surface area contributed by atoms with Gasteiger partial charge in [0.25, 0.3) is 0 Å². The number of ether oxygens (including phenoxy) is 2. The van der Waals surface area contributed by atoms with E-state index in [0.717, 1.165) is 18.9 Å². The molecular weight excluding hydrogens is 300 g/mol.